The average Bonchev–Trinajstić information content (AvgIpc) is 3.30. The molecule has 0 aliphatic heterocycles. The normalized spacial score (nSPS) is 15.1. The van der Waals surface area contributed by atoms with E-state index >= 15 is 0 Å². The molecule has 0 radical (unpaired) electrons. The fourth-order valence-electron chi connectivity index (χ4n) is 3.78. The highest BCUT2D eigenvalue weighted by atomic mass is 16.4. The molecule has 2 rings (SSSR count). The quantitative estimate of drug-likeness (QED) is 0.147. The lowest BCUT2D eigenvalue weighted by Gasteiger charge is -2.26. The Kier molecular flexibility index (Phi) is 11.2. The van der Waals surface area contributed by atoms with E-state index in [1.54, 1.807) is 13.1 Å². The molecule has 1 heterocycles. The zero-order valence-corrected chi connectivity index (χ0v) is 21.3. The van der Waals surface area contributed by atoms with Gasteiger partial charge in [-0.1, -0.05) is 38.5 Å². The number of aromatic nitrogens is 1. The number of aromatic amines is 1. The number of H-pyrrole nitrogens is 1. The van der Waals surface area contributed by atoms with Crippen molar-refractivity contribution in [1.29, 1.82) is 0 Å². The van der Waals surface area contributed by atoms with Crippen LogP contribution in [0.1, 0.15) is 38.7 Å². The molecule has 13 nitrogen and oxygen atoms in total. The molecular weight excluding hydrogens is 498 g/mol. The van der Waals surface area contributed by atoms with Crippen molar-refractivity contribution in [3.8, 4) is 0 Å². The fourth-order valence-corrected chi connectivity index (χ4v) is 3.78. The minimum Gasteiger partial charge on any atom is -0.481 e. The van der Waals surface area contributed by atoms with Crippen molar-refractivity contribution in [1.82, 2.24) is 20.9 Å². The molecule has 0 fully saturated rings. The van der Waals surface area contributed by atoms with E-state index in [9.17, 15) is 29.1 Å². The van der Waals surface area contributed by atoms with Gasteiger partial charge in [0.05, 0.1) is 12.6 Å². The largest absolute Gasteiger partial charge is 0.481 e. The van der Waals surface area contributed by atoms with E-state index in [0.717, 1.165) is 10.9 Å². The molecule has 208 valence electrons. The molecule has 5 unspecified atom stereocenters. The molecule has 0 aliphatic rings. The molecule has 0 bridgehead atoms. The number of rotatable bonds is 15. The first-order valence-electron chi connectivity index (χ1n) is 12.3. The molecule has 0 saturated heterocycles. The Bertz CT molecular complexity index is 1150. The number of aliphatic hydroxyl groups is 1. The summed E-state index contributed by atoms with van der Waals surface area (Å²) in [7, 11) is 0. The molecule has 2 aromatic rings. The van der Waals surface area contributed by atoms with Crippen molar-refractivity contribution in [2.45, 2.75) is 63.7 Å². The molecule has 0 saturated carbocycles. The van der Waals surface area contributed by atoms with Gasteiger partial charge in [-0.25, -0.2) is 4.79 Å². The van der Waals surface area contributed by atoms with Gasteiger partial charge in [-0.3, -0.25) is 19.2 Å². The van der Waals surface area contributed by atoms with Gasteiger partial charge in [-0.05, 0) is 24.0 Å². The predicted molar refractivity (Wildman–Crippen MR) is 137 cm³/mol. The number of carboxylic acids is 2. The Hall–Kier alpha value is -3.97. The number of carboxylic acid groups (broad SMARTS) is 2. The van der Waals surface area contributed by atoms with Crippen LogP contribution in [0.25, 0.3) is 10.9 Å². The van der Waals surface area contributed by atoms with Crippen molar-refractivity contribution in [3.05, 3.63) is 36.0 Å². The maximum atomic E-state index is 13.4. The Morgan fingerprint density at radius 1 is 0.947 bits per heavy atom. The third kappa shape index (κ3) is 8.28. The Morgan fingerprint density at radius 3 is 2.16 bits per heavy atom. The van der Waals surface area contributed by atoms with Crippen LogP contribution in [-0.4, -0.2) is 80.7 Å². The lowest BCUT2D eigenvalue weighted by molar-refractivity contribution is -0.144. The van der Waals surface area contributed by atoms with Crippen LogP contribution in [-0.2, 0) is 30.4 Å². The first-order valence-corrected chi connectivity index (χ1v) is 12.3. The van der Waals surface area contributed by atoms with E-state index in [1.807, 2.05) is 31.2 Å². The molecule has 5 atom stereocenters. The third-order valence-corrected chi connectivity index (χ3v) is 6.37. The lowest BCUT2D eigenvalue weighted by atomic mass is 9.98. The SMILES string of the molecule is CCC(C)C(N)C(=O)NC(Cc1c[nH]c2ccccc12)C(=O)NC(CCC(=O)O)C(=O)NC(CO)C(=O)O. The summed E-state index contributed by atoms with van der Waals surface area (Å²) in [5.41, 5.74) is 7.57. The Morgan fingerprint density at radius 2 is 1.55 bits per heavy atom. The number of hydrogen-bond donors (Lipinski definition) is 8. The molecule has 38 heavy (non-hydrogen) atoms. The molecule has 1 aromatic heterocycles. The summed E-state index contributed by atoms with van der Waals surface area (Å²) in [5.74, 6) is -5.27. The van der Waals surface area contributed by atoms with Crippen molar-refractivity contribution < 1.29 is 39.3 Å². The van der Waals surface area contributed by atoms with Crippen molar-refractivity contribution >= 4 is 40.6 Å². The van der Waals surface area contributed by atoms with Crippen molar-refractivity contribution in [3.63, 3.8) is 0 Å². The number of nitrogens with one attached hydrogen (secondary N) is 4. The summed E-state index contributed by atoms with van der Waals surface area (Å²) in [6.45, 7) is 2.76. The van der Waals surface area contributed by atoms with Gasteiger partial charge in [0, 0.05) is 29.9 Å². The second-order valence-corrected chi connectivity index (χ2v) is 9.11. The van der Waals surface area contributed by atoms with Gasteiger partial charge >= 0.3 is 11.9 Å². The van der Waals surface area contributed by atoms with Gasteiger partial charge in [0.1, 0.15) is 18.1 Å². The van der Waals surface area contributed by atoms with Crippen molar-refractivity contribution in [2.24, 2.45) is 11.7 Å². The number of para-hydroxylation sites is 1. The summed E-state index contributed by atoms with van der Waals surface area (Å²) in [6, 6.07) is 2.15. The number of benzene rings is 1. The minimum absolute atomic E-state index is 0.0243. The first-order chi connectivity index (χ1) is 18.0. The number of aliphatic carboxylic acids is 2. The van der Waals surface area contributed by atoms with E-state index in [4.69, 9.17) is 15.9 Å². The van der Waals surface area contributed by atoms with Crippen LogP contribution >= 0.6 is 0 Å². The number of nitrogens with two attached hydrogens (primary N) is 1. The van der Waals surface area contributed by atoms with Gasteiger partial charge in [-0.2, -0.15) is 0 Å². The van der Waals surface area contributed by atoms with Crippen LogP contribution in [0.15, 0.2) is 30.5 Å². The number of amides is 3. The molecule has 1 aromatic carbocycles. The van der Waals surface area contributed by atoms with E-state index in [0.29, 0.717) is 12.0 Å². The smallest absolute Gasteiger partial charge is 0.328 e. The highest BCUT2D eigenvalue weighted by molar-refractivity contribution is 5.95. The number of aliphatic hydroxyl groups excluding tert-OH is 1. The van der Waals surface area contributed by atoms with E-state index in [1.165, 1.54) is 0 Å². The molecule has 9 N–H and O–H groups in total. The van der Waals surface area contributed by atoms with E-state index in [2.05, 4.69) is 20.9 Å². The zero-order valence-electron chi connectivity index (χ0n) is 21.3. The van der Waals surface area contributed by atoms with Crippen LogP contribution in [0.4, 0.5) is 0 Å². The predicted octanol–water partition coefficient (Wildman–Crippen LogP) is -0.520. The fraction of sp³-hybridized carbons (Fsp3) is 0.480. The highest BCUT2D eigenvalue weighted by Gasteiger charge is 2.31. The van der Waals surface area contributed by atoms with E-state index in [-0.39, 0.29) is 18.8 Å². The summed E-state index contributed by atoms with van der Waals surface area (Å²) in [5, 5.41) is 35.4. The molecule has 13 heteroatoms. The monoisotopic (exact) mass is 533 g/mol. The molecule has 0 spiro atoms. The molecular formula is C25H35N5O8. The van der Waals surface area contributed by atoms with Gasteiger partial charge in [-0.15, -0.1) is 0 Å². The maximum Gasteiger partial charge on any atom is 0.328 e. The number of hydrogen-bond acceptors (Lipinski definition) is 7. The van der Waals surface area contributed by atoms with Crippen LogP contribution in [0.5, 0.6) is 0 Å². The minimum atomic E-state index is -1.65. The number of carbonyl (C=O) groups is 5. The average molecular weight is 534 g/mol. The standard InChI is InChI=1S/C25H35N5O8/c1-3-13(2)21(26)24(36)29-18(10-14-11-27-16-7-5-4-6-15(14)16)23(35)28-17(8-9-20(32)33)22(34)30-19(12-31)25(37)38/h4-7,11,13,17-19,21,27,31H,3,8-10,12,26H2,1-2H3,(H,28,35)(H,29,36)(H,30,34)(H,32,33)(H,37,38). The first kappa shape index (κ1) is 30.3. The zero-order chi connectivity index (χ0) is 28.4. The Labute approximate surface area is 219 Å². The second kappa shape index (κ2) is 14.1. The van der Waals surface area contributed by atoms with Gasteiger partial charge in [0.15, 0.2) is 0 Å². The summed E-state index contributed by atoms with van der Waals surface area (Å²) in [4.78, 5) is 64.4. The number of fused-ring (bicyclic) bond motifs is 1. The van der Waals surface area contributed by atoms with Gasteiger partial charge < -0.3 is 42.0 Å². The Balaban J connectivity index is 2.32. The van der Waals surface area contributed by atoms with Crippen molar-refractivity contribution in [2.75, 3.05) is 6.61 Å². The number of carbonyl (C=O) groups excluding carboxylic acids is 3. The highest BCUT2D eigenvalue weighted by Crippen LogP contribution is 2.19. The van der Waals surface area contributed by atoms with Gasteiger partial charge in [0.2, 0.25) is 17.7 Å². The molecule has 3 amide bonds. The van der Waals surface area contributed by atoms with Crippen LogP contribution in [0.2, 0.25) is 0 Å². The summed E-state index contributed by atoms with van der Waals surface area (Å²) in [6.07, 6.45) is 1.48. The van der Waals surface area contributed by atoms with Crippen LogP contribution in [0, 0.1) is 5.92 Å². The summed E-state index contributed by atoms with van der Waals surface area (Å²) < 4.78 is 0. The lowest BCUT2D eigenvalue weighted by Crippen LogP contribution is -2.58. The van der Waals surface area contributed by atoms with Crippen LogP contribution in [0.3, 0.4) is 0 Å². The van der Waals surface area contributed by atoms with Crippen LogP contribution < -0.4 is 21.7 Å². The maximum absolute atomic E-state index is 13.4. The topological polar surface area (TPSA) is 224 Å². The van der Waals surface area contributed by atoms with E-state index < -0.39 is 66.9 Å². The summed E-state index contributed by atoms with van der Waals surface area (Å²) >= 11 is 0. The van der Waals surface area contributed by atoms with Gasteiger partial charge in [0.25, 0.3) is 0 Å². The second-order valence-electron chi connectivity index (χ2n) is 9.11. The third-order valence-electron chi connectivity index (χ3n) is 6.37. The molecule has 0 aliphatic carbocycles.